The van der Waals surface area contributed by atoms with E-state index in [0.29, 0.717) is 36.5 Å². The highest BCUT2D eigenvalue weighted by molar-refractivity contribution is 5.20. The van der Waals surface area contributed by atoms with E-state index in [1.54, 1.807) is 0 Å². The molecule has 4 bridgehead atoms. The maximum Gasteiger partial charge on any atom is 0.446 e. The summed E-state index contributed by atoms with van der Waals surface area (Å²) in [5, 5.41) is 28.7. The van der Waals surface area contributed by atoms with Crippen molar-refractivity contribution in [3.05, 3.63) is 12.2 Å². The maximum atomic E-state index is 14.6. The van der Waals surface area contributed by atoms with E-state index in [-0.39, 0.29) is 18.3 Å². The lowest BCUT2D eigenvalue weighted by molar-refractivity contribution is -0.400. The molecule has 3 saturated carbocycles. The molecule has 9 atom stereocenters. The van der Waals surface area contributed by atoms with Crippen molar-refractivity contribution in [3.8, 4) is 0 Å². The summed E-state index contributed by atoms with van der Waals surface area (Å²) in [6, 6.07) is 0. The first-order valence-corrected chi connectivity index (χ1v) is 9.02. The molecular formula is C18H24F4O3. The minimum absolute atomic E-state index is 0.0619. The molecule has 0 aromatic carbocycles. The van der Waals surface area contributed by atoms with Gasteiger partial charge in [-0.2, -0.15) is 13.2 Å². The van der Waals surface area contributed by atoms with Crippen molar-refractivity contribution in [3.63, 3.8) is 0 Å². The highest BCUT2D eigenvalue weighted by Gasteiger charge is 2.68. The van der Waals surface area contributed by atoms with Gasteiger partial charge in [-0.05, 0) is 74.0 Å². The second-order valence-electron chi connectivity index (χ2n) is 8.76. The molecule has 0 aromatic heterocycles. The normalized spacial score (nSPS) is 45.7. The molecule has 3 fully saturated rings. The summed E-state index contributed by atoms with van der Waals surface area (Å²) in [6.07, 6.45) is -0.396. The van der Waals surface area contributed by atoms with Gasteiger partial charge in [0.15, 0.2) is 5.67 Å². The molecule has 0 saturated heterocycles. The Hall–Kier alpha value is -0.660. The van der Waals surface area contributed by atoms with Gasteiger partial charge in [0.2, 0.25) is 0 Å². The largest absolute Gasteiger partial charge is 0.446 e. The Balaban J connectivity index is 1.48. The van der Waals surface area contributed by atoms with E-state index < -0.39 is 23.7 Å². The van der Waals surface area contributed by atoms with Crippen molar-refractivity contribution in [1.29, 1.82) is 0 Å². The van der Waals surface area contributed by atoms with E-state index in [9.17, 15) is 32.9 Å². The van der Waals surface area contributed by atoms with Gasteiger partial charge in [-0.1, -0.05) is 12.2 Å². The van der Waals surface area contributed by atoms with Gasteiger partial charge in [0.05, 0.1) is 6.10 Å². The van der Waals surface area contributed by atoms with E-state index in [1.165, 1.54) is 0 Å². The zero-order valence-corrected chi connectivity index (χ0v) is 14.0. The number of hydrogen-bond donors (Lipinski definition) is 3. The van der Waals surface area contributed by atoms with E-state index in [1.807, 2.05) is 0 Å². The van der Waals surface area contributed by atoms with Crippen molar-refractivity contribution < 1.29 is 32.9 Å². The Morgan fingerprint density at radius 2 is 1.60 bits per heavy atom. The van der Waals surface area contributed by atoms with Crippen LogP contribution in [-0.2, 0) is 0 Å². The fourth-order valence-corrected chi connectivity index (χ4v) is 6.44. The number of hydrogen-bond acceptors (Lipinski definition) is 3. The van der Waals surface area contributed by atoms with Gasteiger partial charge in [-0.25, -0.2) is 4.39 Å². The average Bonchev–Trinajstić information content (AvgIpc) is 3.24. The SMILES string of the molecule is CC(F)(C(O)CC1CC2CC1C1C3C=CC(C3)C21)C(O)(O)C(F)(F)F. The van der Waals surface area contributed by atoms with Crippen LogP contribution >= 0.6 is 0 Å². The lowest BCUT2D eigenvalue weighted by Crippen LogP contribution is -2.64. The monoisotopic (exact) mass is 364 g/mol. The Bertz CT molecular complexity index is 585. The molecule has 0 aliphatic heterocycles. The summed E-state index contributed by atoms with van der Waals surface area (Å²) in [6.45, 7) is 0.418. The van der Waals surface area contributed by atoms with E-state index in [0.717, 1.165) is 19.3 Å². The molecule has 4 aliphatic carbocycles. The predicted octanol–water partition coefficient (Wildman–Crippen LogP) is 2.80. The summed E-state index contributed by atoms with van der Waals surface area (Å²) in [5.74, 6) is -1.61. The topological polar surface area (TPSA) is 60.7 Å². The van der Waals surface area contributed by atoms with Gasteiger partial charge in [0.1, 0.15) is 0 Å². The second-order valence-corrected chi connectivity index (χ2v) is 8.76. The highest BCUT2D eigenvalue weighted by atomic mass is 19.4. The lowest BCUT2D eigenvalue weighted by Gasteiger charge is -2.42. The predicted molar refractivity (Wildman–Crippen MR) is 80.8 cm³/mol. The van der Waals surface area contributed by atoms with E-state index >= 15 is 0 Å². The van der Waals surface area contributed by atoms with Crippen molar-refractivity contribution in [2.24, 2.45) is 41.4 Å². The van der Waals surface area contributed by atoms with Crippen LogP contribution in [0.5, 0.6) is 0 Å². The molecule has 4 aliphatic rings. The van der Waals surface area contributed by atoms with Crippen LogP contribution < -0.4 is 0 Å². The van der Waals surface area contributed by atoms with Gasteiger partial charge in [-0.3, -0.25) is 0 Å². The standard InChI is InChI=1S/C18H24F4O3/c1-16(19,17(24,25)18(20,21)22)13(23)7-10-5-11-6-12(10)15-9-3-2-8(4-9)14(11)15/h2-3,8-15,23-25H,4-7H2,1H3. The number of aliphatic hydroxyl groups is 3. The first-order valence-electron chi connectivity index (χ1n) is 9.02. The lowest BCUT2D eigenvalue weighted by atomic mass is 9.67. The third-order valence-corrected chi connectivity index (χ3v) is 7.64. The molecule has 0 heterocycles. The Morgan fingerprint density at radius 3 is 2.20 bits per heavy atom. The molecule has 142 valence electrons. The van der Waals surface area contributed by atoms with Crippen LogP contribution in [0.2, 0.25) is 0 Å². The molecule has 7 heteroatoms. The molecule has 0 radical (unpaired) electrons. The molecule has 0 amide bonds. The summed E-state index contributed by atoms with van der Waals surface area (Å²) >= 11 is 0. The van der Waals surface area contributed by atoms with Gasteiger partial charge in [0, 0.05) is 0 Å². The highest BCUT2D eigenvalue weighted by Crippen LogP contribution is 2.67. The first kappa shape index (κ1) is 17.7. The third-order valence-electron chi connectivity index (χ3n) is 7.64. The van der Waals surface area contributed by atoms with Crippen LogP contribution in [0.15, 0.2) is 12.2 Å². The quantitative estimate of drug-likeness (QED) is 0.311. The molecule has 3 nitrogen and oxygen atoms in total. The molecule has 9 unspecified atom stereocenters. The number of fused-ring (bicyclic) bond motifs is 9. The Labute approximate surface area is 143 Å². The summed E-state index contributed by atoms with van der Waals surface area (Å²) in [5.41, 5.74) is -3.58. The van der Waals surface area contributed by atoms with E-state index in [4.69, 9.17) is 0 Å². The first-order chi connectivity index (χ1) is 11.4. The van der Waals surface area contributed by atoms with Crippen LogP contribution in [-0.4, -0.2) is 39.1 Å². The van der Waals surface area contributed by atoms with Crippen LogP contribution in [0.4, 0.5) is 17.6 Å². The average molecular weight is 364 g/mol. The number of alkyl halides is 4. The maximum absolute atomic E-state index is 14.6. The number of aliphatic hydroxyl groups excluding tert-OH is 1. The van der Waals surface area contributed by atoms with Gasteiger partial charge >= 0.3 is 6.18 Å². The van der Waals surface area contributed by atoms with Gasteiger partial charge in [-0.15, -0.1) is 0 Å². The smallest absolute Gasteiger partial charge is 0.390 e. The molecular weight excluding hydrogens is 340 g/mol. The van der Waals surface area contributed by atoms with Gasteiger partial charge < -0.3 is 15.3 Å². The fraction of sp³-hybridized carbons (Fsp3) is 0.889. The zero-order chi connectivity index (χ0) is 18.4. The zero-order valence-electron chi connectivity index (χ0n) is 14.0. The summed E-state index contributed by atoms with van der Waals surface area (Å²) in [7, 11) is 0. The second kappa shape index (κ2) is 5.20. The van der Waals surface area contributed by atoms with Crippen LogP contribution in [0.1, 0.15) is 32.6 Å². The number of halogens is 4. The number of allylic oxidation sites excluding steroid dienone is 2. The molecule has 3 N–H and O–H groups in total. The van der Waals surface area contributed by atoms with Crippen LogP contribution in [0.3, 0.4) is 0 Å². The third kappa shape index (κ3) is 2.28. The fourth-order valence-electron chi connectivity index (χ4n) is 6.44. The van der Waals surface area contributed by atoms with Crippen LogP contribution in [0.25, 0.3) is 0 Å². The number of rotatable bonds is 4. The molecule has 0 spiro atoms. The Morgan fingerprint density at radius 1 is 1.00 bits per heavy atom. The Kier molecular flexibility index (Phi) is 3.69. The molecule has 0 aromatic rings. The molecule has 4 rings (SSSR count). The minimum atomic E-state index is -5.58. The minimum Gasteiger partial charge on any atom is -0.390 e. The van der Waals surface area contributed by atoms with E-state index in [2.05, 4.69) is 12.2 Å². The van der Waals surface area contributed by atoms with Crippen molar-refractivity contribution in [2.75, 3.05) is 0 Å². The molecule has 25 heavy (non-hydrogen) atoms. The van der Waals surface area contributed by atoms with Crippen molar-refractivity contribution in [2.45, 2.75) is 56.3 Å². The van der Waals surface area contributed by atoms with Gasteiger partial charge in [0.25, 0.3) is 5.79 Å². The van der Waals surface area contributed by atoms with Crippen LogP contribution in [0, 0.1) is 41.4 Å². The van der Waals surface area contributed by atoms with Crippen molar-refractivity contribution in [1.82, 2.24) is 0 Å². The summed E-state index contributed by atoms with van der Waals surface area (Å²) < 4.78 is 52.9. The van der Waals surface area contributed by atoms with Crippen molar-refractivity contribution >= 4 is 0 Å². The summed E-state index contributed by atoms with van der Waals surface area (Å²) in [4.78, 5) is 0.